The monoisotopic (exact) mass is 128 g/mol. The Balaban J connectivity index is -0.0000000150. The van der Waals surface area contributed by atoms with Crippen molar-refractivity contribution in [1.82, 2.24) is 0 Å². The molecule has 0 atom stereocenters. The fourth-order valence-corrected chi connectivity index (χ4v) is 0. The van der Waals surface area contributed by atoms with Crippen molar-refractivity contribution in [2.75, 3.05) is 0 Å². The standard InChI is InChI=1S/2Na.HO3P/c;;1-4(2)3/h;;(H-,1,2,3)/q2*+1;/p+2. The summed E-state index contributed by atoms with van der Waals surface area (Å²) in [6.07, 6.45) is 0. The van der Waals surface area contributed by atoms with E-state index in [9.17, 15) is 0 Å². The van der Waals surface area contributed by atoms with Crippen LogP contribution in [0.25, 0.3) is 0 Å². The summed E-state index contributed by atoms with van der Waals surface area (Å²) in [5, 5.41) is 0. The molecule has 0 spiro atoms. The predicted molar refractivity (Wildman–Crippen MR) is 13.2 cm³/mol. The van der Waals surface area contributed by atoms with Gasteiger partial charge >= 0.3 is 68.8 Å². The van der Waals surface area contributed by atoms with E-state index in [-0.39, 0.29) is 60.5 Å². The van der Waals surface area contributed by atoms with Gasteiger partial charge in [-0.2, -0.15) is 0 Å². The Morgan fingerprint density at radius 3 is 1.33 bits per heavy atom. The summed E-state index contributed by atoms with van der Waals surface area (Å²) >= 11 is 0. The van der Waals surface area contributed by atoms with Crippen LogP contribution < -0.4 is 59.1 Å². The number of rotatable bonds is 0. The van der Waals surface area contributed by atoms with Crippen LogP contribution in [0.15, 0.2) is 0 Å². The van der Waals surface area contributed by atoms with Gasteiger partial charge in [0.15, 0.2) is 0 Å². The second-order valence-corrected chi connectivity index (χ2v) is 0.758. The quantitative estimate of drug-likeness (QED) is 0.252. The van der Waals surface area contributed by atoms with Gasteiger partial charge in [-0.15, -0.1) is 9.79 Å². The van der Waals surface area contributed by atoms with E-state index in [0.29, 0.717) is 0 Å². The van der Waals surface area contributed by atoms with Crippen LogP contribution in [0.1, 0.15) is 1.43 Å². The molecule has 3 nitrogen and oxygen atoms in total. The molecule has 0 bridgehead atoms. The van der Waals surface area contributed by atoms with Crippen molar-refractivity contribution >= 4 is 8.25 Å². The van der Waals surface area contributed by atoms with Crippen LogP contribution in [-0.4, -0.2) is 9.79 Å². The van der Waals surface area contributed by atoms with E-state index < -0.39 is 8.25 Å². The van der Waals surface area contributed by atoms with Gasteiger partial charge in [-0.3, -0.25) is 0 Å². The molecule has 6 heteroatoms. The summed E-state index contributed by atoms with van der Waals surface area (Å²) in [5.74, 6) is 0. The third kappa shape index (κ3) is 37.2. The molecule has 0 amide bonds. The minimum atomic E-state index is -2.87. The van der Waals surface area contributed by atoms with Crippen LogP contribution in [0, 0.1) is 0 Å². The van der Waals surface area contributed by atoms with Crippen LogP contribution in [0.4, 0.5) is 0 Å². The molecule has 2 N–H and O–H groups in total. The third-order valence-electron chi connectivity index (χ3n) is 0. The van der Waals surface area contributed by atoms with Gasteiger partial charge in [-0.1, -0.05) is 0 Å². The van der Waals surface area contributed by atoms with E-state index in [4.69, 9.17) is 14.4 Å². The molecular formula is H3Na2O3P+4. The van der Waals surface area contributed by atoms with E-state index in [1.54, 1.807) is 0 Å². The summed E-state index contributed by atoms with van der Waals surface area (Å²) in [7, 11) is -2.87. The van der Waals surface area contributed by atoms with Crippen molar-refractivity contribution in [1.29, 1.82) is 0 Å². The molecule has 0 unspecified atom stereocenters. The SMILES string of the molecule is O=[P+](O)O.[H+].[Na+].[Na+]. The third-order valence-corrected chi connectivity index (χ3v) is 0. The maximum Gasteiger partial charge on any atom is 1.00 e. The Bertz CT molecular complexity index is 35.9. The summed E-state index contributed by atoms with van der Waals surface area (Å²) in [6.45, 7) is 0. The van der Waals surface area contributed by atoms with Crippen molar-refractivity contribution in [3.05, 3.63) is 0 Å². The van der Waals surface area contributed by atoms with E-state index >= 15 is 0 Å². The average molecular weight is 128 g/mol. The summed E-state index contributed by atoms with van der Waals surface area (Å²) < 4.78 is 8.70. The number of hydrogen-bond acceptors (Lipinski definition) is 1. The smallest absolute Gasteiger partial charge is 0.134 e. The van der Waals surface area contributed by atoms with Crippen molar-refractivity contribution in [2.24, 2.45) is 0 Å². The van der Waals surface area contributed by atoms with Crippen LogP contribution in [0.3, 0.4) is 0 Å². The second-order valence-electron chi connectivity index (χ2n) is 0.253. The maximum atomic E-state index is 8.70. The Labute approximate surface area is 82.2 Å². The summed E-state index contributed by atoms with van der Waals surface area (Å²) in [6, 6.07) is 0. The molecule has 0 aliphatic carbocycles. The molecule has 0 radical (unpaired) electrons. The van der Waals surface area contributed by atoms with E-state index in [1.165, 1.54) is 0 Å². The zero-order valence-corrected chi connectivity index (χ0v) is 8.64. The Kier molecular flexibility index (Phi) is 26.4. The van der Waals surface area contributed by atoms with Crippen LogP contribution in [-0.2, 0) is 4.57 Å². The van der Waals surface area contributed by atoms with Gasteiger partial charge in [0.05, 0.1) is 0 Å². The van der Waals surface area contributed by atoms with Gasteiger partial charge in [-0.25, -0.2) is 0 Å². The normalized spacial score (nSPS) is 4.33. The van der Waals surface area contributed by atoms with Gasteiger partial charge in [0, 0.05) is 4.57 Å². The molecule has 0 aromatic rings. The first kappa shape index (κ1) is 15.7. The van der Waals surface area contributed by atoms with Crippen molar-refractivity contribution < 1.29 is 74.9 Å². The van der Waals surface area contributed by atoms with Gasteiger partial charge in [0.25, 0.3) is 0 Å². The van der Waals surface area contributed by atoms with Gasteiger partial charge in [-0.05, 0) is 0 Å². The minimum absolute atomic E-state index is 0. The Morgan fingerprint density at radius 2 is 1.33 bits per heavy atom. The zero-order valence-electron chi connectivity index (χ0n) is 4.75. The van der Waals surface area contributed by atoms with Crippen LogP contribution >= 0.6 is 8.25 Å². The van der Waals surface area contributed by atoms with Crippen LogP contribution in [0.2, 0.25) is 0 Å². The Morgan fingerprint density at radius 1 is 1.33 bits per heavy atom. The first-order chi connectivity index (χ1) is 1.73. The molecular weight excluding hydrogens is 125 g/mol. The first-order valence-corrected chi connectivity index (χ1v) is 1.75. The zero-order chi connectivity index (χ0) is 3.58. The van der Waals surface area contributed by atoms with Crippen molar-refractivity contribution in [2.45, 2.75) is 0 Å². The number of hydrogen-bond donors (Lipinski definition) is 2. The predicted octanol–water partition coefficient (Wildman–Crippen LogP) is -6.25. The molecule has 0 fully saturated rings. The second kappa shape index (κ2) is 10.1. The molecule has 0 saturated heterocycles. The fourth-order valence-electron chi connectivity index (χ4n) is 0. The maximum absolute atomic E-state index is 8.70. The van der Waals surface area contributed by atoms with E-state index in [1.807, 2.05) is 0 Å². The molecule has 0 rings (SSSR count). The summed E-state index contributed by atoms with van der Waals surface area (Å²) in [4.78, 5) is 14.2. The van der Waals surface area contributed by atoms with Crippen molar-refractivity contribution in [3.63, 3.8) is 0 Å². The molecule has 0 saturated carbocycles. The van der Waals surface area contributed by atoms with Gasteiger partial charge in [0.1, 0.15) is 0 Å². The molecule has 0 aromatic heterocycles. The molecule has 0 aliphatic rings. The fraction of sp³-hybridized carbons (Fsp3) is 0. The molecule has 0 aliphatic heterocycles. The summed E-state index contributed by atoms with van der Waals surface area (Å²) in [5.41, 5.74) is 0. The topological polar surface area (TPSA) is 57.5 Å². The van der Waals surface area contributed by atoms with E-state index in [0.717, 1.165) is 0 Å². The van der Waals surface area contributed by atoms with E-state index in [2.05, 4.69) is 0 Å². The van der Waals surface area contributed by atoms with Gasteiger partial charge in [0.2, 0.25) is 0 Å². The molecule has 0 aromatic carbocycles. The van der Waals surface area contributed by atoms with Crippen LogP contribution in [0.5, 0.6) is 0 Å². The Hall–Kier alpha value is 2.02. The molecule has 0 heterocycles. The van der Waals surface area contributed by atoms with Crippen molar-refractivity contribution in [3.8, 4) is 0 Å². The molecule has 24 valence electrons. The van der Waals surface area contributed by atoms with Gasteiger partial charge < -0.3 is 0 Å². The largest absolute Gasteiger partial charge is 1.00 e. The molecule has 6 heavy (non-hydrogen) atoms. The minimum Gasteiger partial charge on any atom is -0.134 e. The first-order valence-electron chi connectivity index (χ1n) is 0.583. The average Bonchev–Trinajstić information content (AvgIpc) is 0.811.